The molecule has 0 aliphatic carbocycles. The van der Waals surface area contributed by atoms with Crippen LogP contribution in [0.2, 0.25) is 0 Å². The smallest absolute Gasteiger partial charge is 0.374 e. The highest BCUT2D eigenvalue weighted by Crippen LogP contribution is 2.15. The zero-order chi connectivity index (χ0) is 15.2. The number of furan rings is 1. The first-order valence-electron chi connectivity index (χ1n) is 6.64. The van der Waals surface area contributed by atoms with Crippen molar-refractivity contribution in [2.75, 3.05) is 6.61 Å². The van der Waals surface area contributed by atoms with Crippen molar-refractivity contribution in [3.63, 3.8) is 0 Å². The highest BCUT2D eigenvalue weighted by atomic mass is 79.9. The van der Waals surface area contributed by atoms with Crippen LogP contribution in [0.1, 0.15) is 39.8 Å². The Balaban J connectivity index is 1.90. The Labute approximate surface area is 131 Å². The summed E-state index contributed by atoms with van der Waals surface area (Å²) in [6, 6.07) is 10.4. The Kier molecular flexibility index (Phi) is 5.33. The highest BCUT2D eigenvalue weighted by Gasteiger charge is 2.14. The largest absolute Gasteiger partial charge is 0.451 e. The minimum absolute atomic E-state index is 0.0629. The van der Waals surface area contributed by atoms with Crippen molar-refractivity contribution in [1.82, 2.24) is 0 Å². The van der Waals surface area contributed by atoms with Crippen LogP contribution in [0.4, 0.5) is 0 Å². The van der Waals surface area contributed by atoms with Crippen LogP contribution in [0.3, 0.4) is 0 Å². The number of Topliss-reactive ketones (excluding diaryl/α,β-unsaturated/α-hetero) is 1. The molecule has 21 heavy (non-hydrogen) atoms. The topological polar surface area (TPSA) is 56.5 Å². The second kappa shape index (κ2) is 7.22. The van der Waals surface area contributed by atoms with Gasteiger partial charge >= 0.3 is 5.97 Å². The van der Waals surface area contributed by atoms with Gasteiger partial charge in [-0.05, 0) is 40.0 Å². The molecule has 0 bridgehead atoms. The van der Waals surface area contributed by atoms with Crippen LogP contribution in [0.5, 0.6) is 0 Å². The summed E-state index contributed by atoms with van der Waals surface area (Å²) in [6.07, 6.45) is 2.04. The second-order valence-corrected chi connectivity index (χ2v) is 5.33. The third-order valence-corrected chi connectivity index (χ3v) is 3.35. The average Bonchev–Trinajstić information content (AvgIpc) is 2.92. The lowest BCUT2D eigenvalue weighted by molar-refractivity contribution is 0.0442. The van der Waals surface area contributed by atoms with Crippen LogP contribution in [0, 0.1) is 0 Å². The lowest BCUT2D eigenvalue weighted by Gasteiger charge is -2.04. The van der Waals surface area contributed by atoms with Gasteiger partial charge in [-0.2, -0.15) is 0 Å². The molecular weight excluding hydrogens is 336 g/mol. The maximum absolute atomic E-state index is 11.9. The predicted molar refractivity (Wildman–Crippen MR) is 81.5 cm³/mol. The molecule has 4 nitrogen and oxygen atoms in total. The van der Waals surface area contributed by atoms with Crippen molar-refractivity contribution in [2.24, 2.45) is 0 Å². The molecule has 0 radical (unpaired) electrons. The van der Waals surface area contributed by atoms with E-state index in [2.05, 4.69) is 22.9 Å². The third-order valence-electron chi connectivity index (χ3n) is 2.92. The summed E-state index contributed by atoms with van der Waals surface area (Å²) < 4.78 is 10.4. The van der Waals surface area contributed by atoms with E-state index in [1.54, 1.807) is 18.2 Å². The lowest BCUT2D eigenvalue weighted by atomic mass is 10.1. The highest BCUT2D eigenvalue weighted by molar-refractivity contribution is 9.10. The molecular formula is C16H15BrO4. The van der Waals surface area contributed by atoms with E-state index in [-0.39, 0.29) is 18.2 Å². The van der Waals surface area contributed by atoms with Crippen LogP contribution in [-0.4, -0.2) is 18.4 Å². The molecule has 2 rings (SSSR count). The van der Waals surface area contributed by atoms with Crippen molar-refractivity contribution in [1.29, 1.82) is 0 Å². The summed E-state index contributed by atoms with van der Waals surface area (Å²) in [6.45, 7) is 1.80. The van der Waals surface area contributed by atoms with Crippen molar-refractivity contribution in [2.45, 2.75) is 19.8 Å². The number of rotatable bonds is 6. The minimum Gasteiger partial charge on any atom is -0.451 e. The number of aryl methyl sites for hydroxylation is 1. The fourth-order valence-electron chi connectivity index (χ4n) is 1.86. The van der Waals surface area contributed by atoms with Gasteiger partial charge in [-0.3, -0.25) is 4.79 Å². The molecule has 1 heterocycles. The van der Waals surface area contributed by atoms with E-state index in [1.807, 2.05) is 12.1 Å². The Morgan fingerprint density at radius 2 is 1.86 bits per heavy atom. The fourth-order valence-corrected chi connectivity index (χ4v) is 2.16. The number of esters is 1. The molecule has 0 N–H and O–H groups in total. The van der Waals surface area contributed by atoms with Crippen LogP contribution >= 0.6 is 15.9 Å². The molecule has 110 valence electrons. The van der Waals surface area contributed by atoms with Crippen LogP contribution < -0.4 is 0 Å². The summed E-state index contributed by atoms with van der Waals surface area (Å²) in [5.74, 6) is -0.832. The summed E-state index contributed by atoms with van der Waals surface area (Å²) in [7, 11) is 0. The maximum atomic E-state index is 11.9. The molecule has 0 unspecified atom stereocenters. The van der Waals surface area contributed by atoms with Gasteiger partial charge in [0.05, 0.1) is 0 Å². The van der Waals surface area contributed by atoms with E-state index >= 15 is 0 Å². The SMILES string of the molecule is CCCc1ccc(C(=O)COC(=O)c2ccc(Br)o2)cc1. The molecule has 0 saturated carbocycles. The number of hydrogen-bond acceptors (Lipinski definition) is 4. The van der Waals surface area contributed by atoms with Crippen LogP contribution in [-0.2, 0) is 11.2 Å². The molecule has 0 fully saturated rings. The molecule has 0 saturated heterocycles. The van der Waals surface area contributed by atoms with E-state index in [0.717, 1.165) is 12.8 Å². The number of hydrogen-bond donors (Lipinski definition) is 0. The number of ether oxygens (including phenoxy) is 1. The quantitative estimate of drug-likeness (QED) is 0.582. The Hall–Kier alpha value is -1.88. The fraction of sp³-hybridized carbons (Fsp3) is 0.250. The normalized spacial score (nSPS) is 10.4. The molecule has 0 aliphatic rings. The molecule has 0 spiro atoms. The lowest BCUT2D eigenvalue weighted by Crippen LogP contribution is -2.13. The zero-order valence-electron chi connectivity index (χ0n) is 11.6. The van der Waals surface area contributed by atoms with Crippen molar-refractivity contribution >= 4 is 27.7 Å². The Bertz CT molecular complexity index is 628. The predicted octanol–water partition coefficient (Wildman–Crippen LogP) is 4.03. The number of benzene rings is 1. The van der Waals surface area contributed by atoms with Gasteiger partial charge in [0, 0.05) is 5.56 Å². The first-order chi connectivity index (χ1) is 10.1. The summed E-state index contributed by atoms with van der Waals surface area (Å²) in [4.78, 5) is 23.6. The van der Waals surface area contributed by atoms with Crippen molar-refractivity contribution in [3.05, 3.63) is 58.0 Å². The van der Waals surface area contributed by atoms with Gasteiger partial charge < -0.3 is 9.15 Å². The zero-order valence-corrected chi connectivity index (χ0v) is 13.2. The Morgan fingerprint density at radius 1 is 1.14 bits per heavy atom. The number of ketones is 1. The first-order valence-corrected chi connectivity index (χ1v) is 7.44. The third kappa shape index (κ3) is 4.29. The second-order valence-electron chi connectivity index (χ2n) is 4.55. The molecule has 5 heteroatoms. The summed E-state index contributed by atoms with van der Waals surface area (Å²) >= 11 is 3.10. The van der Waals surface area contributed by atoms with Gasteiger partial charge in [-0.25, -0.2) is 4.79 Å². The van der Waals surface area contributed by atoms with Gasteiger partial charge in [0.2, 0.25) is 5.76 Å². The number of carbonyl (C=O) groups is 2. The van der Waals surface area contributed by atoms with Gasteiger partial charge in [0.15, 0.2) is 17.1 Å². The molecule has 1 aromatic carbocycles. The summed E-state index contributed by atoms with van der Waals surface area (Å²) in [5.41, 5.74) is 1.72. The molecule has 0 atom stereocenters. The van der Waals surface area contributed by atoms with E-state index < -0.39 is 5.97 Å². The molecule has 2 aromatic rings. The van der Waals surface area contributed by atoms with Crippen LogP contribution in [0.25, 0.3) is 0 Å². The number of halogens is 1. The first kappa shape index (κ1) is 15.5. The van der Waals surface area contributed by atoms with Gasteiger partial charge in [0.1, 0.15) is 0 Å². The van der Waals surface area contributed by atoms with Gasteiger partial charge in [0.25, 0.3) is 0 Å². The van der Waals surface area contributed by atoms with Crippen molar-refractivity contribution in [3.8, 4) is 0 Å². The van der Waals surface area contributed by atoms with Gasteiger partial charge in [-0.1, -0.05) is 37.6 Å². The standard InChI is InChI=1S/C16H15BrO4/c1-2-3-11-4-6-12(7-5-11)13(18)10-20-16(19)14-8-9-15(17)21-14/h4-9H,2-3,10H2,1H3. The summed E-state index contributed by atoms with van der Waals surface area (Å²) in [5, 5.41) is 0. The maximum Gasteiger partial charge on any atom is 0.374 e. The van der Waals surface area contributed by atoms with Crippen molar-refractivity contribution < 1.29 is 18.7 Å². The van der Waals surface area contributed by atoms with E-state index in [4.69, 9.17) is 9.15 Å². The van der Waals surface area contributed by atoms with E-state index in [1.165, 1.54) is 11.6 Å². The Morgan fingerprint density at radius 3 is 2.43 bits per heavy atom. The van der Waals surface area contributed by atoms with E-state index in [0.29, 0.717) is 10.2 Å². The van der Waals surface area contributed by atoms with Crippen LogP contribution in [0.15, 0.2) is 45.5 Å². The monoisotopic (exact) mass is 350 g/mol. The molecule has 0 aliphatic heterocycles. The minimum atomic E-state index is -0.656. The molecule has 1 aromatic heterocycles. The van der Waals surface area contributed by atoms with E-state index in [9.17, 15) is 9.59 Å². The molecule has 0 amide bonds. The number of carbonyl (C=O) groups excluding carboxylic acids is 2. The van der Waals surface area contributed by atoms with Gasteiger partial charge in [-0.15, -0.1) is 0 Å². The average molecular weight is 351 g/mol.